The molecule has 0 saturated carbocycles. The van der Waals surface area contributed by atoms with Gasteiger partial charge >= 0.3 is 5.97 Å². The molecule has 0 radical (unpaired) electrons. The van der Waals surface area contributed by atoms with Crippen molar-refractivity contribution in [3.8, 4) is 0 Å². The maximum atomic E-state index is 10.7. The van der Waals surface area contributed by atoms with Crippen LogP contribution in [0.5, 0.6) is 0 Å². The fraction of sp³-hybridized carbons (Fsp3) is 0.286. The maximum Gasteiger partial charge on any atom is 0.313 e. The molecule has 1 N–H and O–H groups in total. The van der Waals surface area contributed by atoms with Crippen LogP contribution in [0.1, 0.15) is 24.2 Å². The van der Waals surface area contributed by atoms with Gasteiger partial charge in [-0.15, -0.1) is 0 Å². The van der Waals surface area contributed by atoms with Crippen LogP contribution in [0.2, 0.25) is 5.02 Å². The third-order valence-corrected chi connectivity index (χ3v) is 4.22. The van der Waals surface area contributed by atoms with E-state index < -0.39 is 5.97 Å². The Balaban J connectivity index is 2.28. The van der Waals surface area contributed by atoms with Gasteiger partial charge in [-0.25, -0.2) is 4.98 Å². The molecular formula is C14H15ClN2O2S. The normalized spacial score (nSPS) is 12.3. The van der Waals surface area contributed by atoms with E-state index >= 15 is 0 Å². The minimum absolute atomic E-state index is 0.00376. The molecule has 0 aliphatic heterocycles. The minimum Gasteiger partial charge on any atom is -0.481 e. The Hall–Kier alpha value is -1.46. The summed E-state index contributed by atoms with van der Waals surface area (Å²) in [6.45, 7) is 4.02. The first-order valence-corrected chi connectivity index (χ1v) is 7.49. The van der Waals surface area contributed by atoms with Crippen molar-refractivity contribution in [3.63, 3.8) is 0 Å². The molecule has 0 aliphatic carbocycles. The van der Waals surface area contributed by atoms with Crippen LogP contribution in [0.3, 0.4) is 0 Å². The molecule has 1 atom stereocenters. The number of thioether (sulfide) groups is 1. The molecule has 1 heterocycles. The molecule has 0 saturated heterocycles. The standard InChI is InChI=1S/C14H15ClN2O2S/c1-9-7-16-14(20-8-13(18)19)17(9)10(2)11-3-5-12(15)6-4-11/h3-7,10H,8H2,1-2H3,(H,18,19). The summed E-state index contributed by atoms with van der Waals surface area (Å²) in [5, 5.41) is 10.2. The molecule has 0 spiro atoms. The molecule has 20 heavy (non-hydrogen) atoms. The second kappa shape index (κ2) is 6.33. The molecule has 106 valence electrons. The number of hydrogen-bond donors (Lipinski definition) is 1. The van der Waals surface area contributed by atoms with Crippen molar-refractivity contribution in [2.45, 2.75) is 25.0 Å². The lowest BCUT2D eigenvalue weighted by atomic mass is 10.1. The van der Waals surface area contributed by atoms with Crippen LogP contribution in [0, 0.1) is 6.92 Å². The number of rotatable bonds is 5. The third-order valence-electron chi connectivity index (χ3n) is 3.01. The van der Waals surface area contributed by atoms with Gasteiger partial charge in [0.1, 0.15) is 0 Å². The van der Waals surface area contributed by atoms with Crippen LogP contribution in [-0.4, -0.2) is 26.4 Å². The monoisotopic (exact) mass is 310 g/mol. The average molecular weight is 311 g/mol. The van der Waals surface area contributed by atoms with Gasteiger partial charge in [-0.05, 0) is 31.5 Å². The SMILES string of the molecule is Cc1cnc(SCC(=O)O)n1C(C)c1ccc(Cl)cc1. The van der Waals surface area contributed by atoms with Gasteiger partial charge in [-0.3, -0.25) is 4.79 Å². The highest BCUT2D eigenvalue weighted by Gasteiger charge is 2.16. The average Bonchev–Trinajstić information content (AvgIpc) is 2.77. The number of halogens is 1. The number of aliphatic carboxylic acids is 1. The van der Waals surface area contributed by atoms with E-state index in [0.29, 0.717) is 10.2 Å². The molecule has 1 aromatic heterocycles. The number of benzene rings is 1. The van der Waals surface area contributed by atoms with Crippen molar-refractivity contribution >= 4 is 29.3 Å². The van der Waals surface area contributed by atoms with Crippen LogP contribution in [0.4, 0.5) is 0 Å². The molecule has 2 aromatic rings. The predicted molar refractivity (Wildman–Crippen MR) is 80.6 cm³/mol. The van der Waals surface area contributed by atoms with Crippen molar-refractivity contribution in [3.05, 3.63) is 46.7 Å². The Morgan fingerprint density at radius 1 is 1.45 bits per heavy atom. The summed E-state index contributed by atoms with van der Waals surface area (Å²) >= 11 is 7.13. The second-order valence-electron chi connectivity index (χ2n) is 4.46. The van der Waals surface area contributed by atoms with Crippen LogP contribution in [0.25, 0.3) is 0 Å². The first-order chi connectivity index (χ1) is 9.49. The fourth-order valence-corrected chi connectivity index (χ4v) is 2.97. The highest BCUT2D eigenvalue weighted by Crippen LogP contribution is 2.27. The Kier molecular flexibility index (Phi) is 4.73. The Bertz CT molecular complexity index is 610. The molecule has 6 heteroatoms. The van der Waals surface area contributed by atoms with Gasteiger partial charge in [0.15, 0.2) is 5.16 Å². The summed E-state index contributed by atoms with van der Waals surface area (Å²) in [5.41, 5.74) is 2.10. The Morgan fingerprint density at radius 2 is 2.10 bits per heavy atom. The van der Waals surface area contributed by atoms with Crippen LogP contribution in [-0.2, 0) is 4.79 Å². The fourth-order valence-electron chi connectivity index (χ4n) is 2.02. The zero-order chi connectivity index (χ0) is 14.7. The summed E-state index contributed by atoms with van der Waals surface area (Å²) in [6, 6.07) is 7.72. The lowest BCUT2D eigenvalue weighted by Crippen LogP contribution is -2.10. The molecule has 0 amide bonds. The number of nitrogens with zero attached hydrogens (tertiary/aromatic N) is 2. The number of carboxylic acid groups (broad SMARTS) is 1. The van der Waals surface area contributed by atoms with Crippen molar-refractivity contribution in [1.29, 1.82) is 0 Å². The number of aryl methyl sites for hydroxylation is 1. The van der Waals surface area contributed by atoms with Crippen molar-refractivity contribution in [2.24, 2.45) is 0 Å². The number of aromatic nitrogens is 2. The smallest absolute Gasteiger partial charge is 0.313 e. The lowest BCUT2D eigenvalue weighted by molar-refractivity contribution is -0.133. The van der Waals surface area contributed by atoms with Gasteiger partial charge in [0, 0.05) is 16.9 Å². The molecule has 0 bridgehead atoms. The Morgan fingerprint density at radius 3 is 2.70 bits per heavy atom. The molecule has 1 unspecified atom stereocenters. The van der Waals surface area contributed by atoms with E-state index in [1.807, 2.05) is 35.8 Å². The van der Waals surface area contributed by atoms with E-state index in [2.05, 4.69) is 11.9 Å². The number of carboxylic acids is 1. The highest BCUT2D eigenvalue weighted by atomic mass is 35.5. The lowest BCUT2D eigenvalue weighted by Gasteiger charge is -2.18. The summed E-state index contributed by atoms with van der Waals surface area (Å²) in [7, 11) is 0. The van der Waals surface area contributed by atoms with Crippen molar-refractivity contribution < 1.29 is 9.90 Å². The molecule has 0 fully saturated rings. The summed E-state index contributed by atoms with van der Waals surface area (Å²) in [4.78, 5) is 15.0. The van der Waals surface area contributed by atoms with Crippen molar-refractivity contribution in [2.75, 3.05) is 5.75 Å². The van der Waals surface area contributed by atoms with Crippen LogP contribution < -0.4 is 0 Å². The first kappa shape index (κ1) is 14.9. The van der Waals surface area contributed by atoms with E-state index in [1.54, 1.807) is 6.20 Å². The van der Waals surface area contributed by atoms with Crippen molar-refractivity contribution in [1.82, 2.24) is 9.55 Å². The van der Waals surface area contributed by atoms with Gasteiger partial charge in [-0.2, -0.15) is 0 Å². The molecule has 2 rings (SSSR count). The molecular weight excluding hydrogens is 296 g/mol. The summed E-state index contributed by atoms with van der Waals surface area (Å²) in [6.07, 6.45) is 1.76. The molecule has 4 nitrogen and oxygen atoms in total. The zero-order valence-electron chi connectivity index (χ0n) is 11.2. The quantitative estimate of drug-likeness (QED) is 0.857. The zero-order valence-corrected chi connectivity index (χ0v) is 12.8. The number of hydrogen-bond acceptors (Lipinski definition) is 3. The Labute approximate surface area is 126 Å². The third kappa shape index (κ3) is 3.35. The first-order valence-electron chi connectivity index (χ1n) is 6.13. The predicted octanol–water partition coefficient (Wildman–Crippen LogP) is 3.63. The van der Waals surface area contributed by atoms with Gasteiger partial charge in [0.2, 0.25) is 0 Å². The second-order valence-corrected chi connectivity index (χ2v) is 5.84. The summed E-state index contributed by atoms with van der Waals surface area (Å²) in [5.74, 6) is -0.842. The van der Waals surface area contributed by atoms with Gasteiger partial charge < -0.3 is 9.67 Å². The van der Waals surface area contributed by atoms with E-state index in [0.717, 1.165) is 11.3 Å². The van der Waals surface area contributed by atoms with Gasteiger partial charge in [0.05, 0.1) is 11.8 Å². The largest absolute Gasteiger partial charge is 0.481 e. The van der Waals surface area contributed by atoms with E-state index in [-0.39, 0.29) is 11.8 Å². The summed E-state index contributed by atoms with van der Waals surface area (Å²) < 4.78 is 2.04. The van der Waals surface area contributed by atoms with Crippen LogP contribution >= 0.6 is 23.4 Å². The minimum atomic E-state index is -0.846. The van der Waals surface area contributed by atoms with Crippen LogP contribution in [0.15, 0.2) is 35.6 Å². The molecule has 0 aliphatic rings. The van der Waals surface area contributed by atoms with E-state index in [4.69, 9.17) is 16.7 Å². The highest BCUT2D eigenvalue weighted by molar-refractivity contribution is 7.99. The molecule has 1 aromatic carbocycles. The van der Waals surface area contributed by atoms with Gasteiger partial charge in [-0.1, -0.05) is 35.5 Å². The van der Waals surface area contributed by atoms with E-state index in [1.165, 1.54) is 11.8 Å². The maximum absolute atomic E-state index is 10.7. The van der Waals surface area contributed by atoms with Gasteiger partial charge in [0.25, 0.3) is 0 Å². The van der Waals surface area contributed by atoms with E-state index in [9.17, 15) is 4.79 Å². The number of imidazole rings is 1. The topological polar surface area (TPSA) is 55.1 Å². The number of carbonyl (C=O) groups is 1.